The first-order valence-corrected chi connectivity index (χ1v) is 8.30. The Kier molecular flexibility index (Phi) is 3.35. The summed E-state index contributed by atoms with van der Waals surface area (Å²) in [5, 5.41) is 3.88. The number of carbonyl (C=O) groups excluding carboxylic acids is 1. The van der Waals surface area contributed by atoms with Gasteiger partial charge in [0.2, 0.25) is 0 Å². The summed E-state index contributed by atoms with van der Waals surface area (Å²) in [7, 11) is 0. The molecule has 0 bridgehead atoms. The molecule has 0 saturated heterocycles. The Morgan fingerprint density at radius 1 is 1.08 bits per heavy atom. The number of benzene rings is 2. The molecule has 0 aliphatic rings. The van der Waals surface area contributed by atoms with E-state index in [-0.39, 0.29) is 5.91 Å². The largest absolute Gasteiger partial charge is 0.451 e. The lowest BCUT2D eigenvalue weighted by atomic mass is 10.0. The van der Waals surface area contributed by atoms with Gasteiger partial charge in [0, 0.05) is 16.6 Å². The van der Waals surface area contributed by atoms with E-state index in [1.165, 1.54) is 0 Å². The molecule has 1 amide bonds. The maximum atomic E-state index is 12.6. The molecule has 0 aliphatic heterocycles. The van der Waals surface area contributed by atoms with Crippen molar-refractivity contribution in [3.8, 4) is 0 Å². The van der Waals surface area contributed by atoms with E-state index in [1.54, 1.807) is 0 Å². The van der Waals surface area contributed by atoms with Crippen LogP contribution in [0.3, 0.4) is 0 Å². The molecule has 0 unspecified atom stereocenters. The number of rotatable bonds is 2. The molecule has 24 heavy (non-hydrogen) atoms. The Balaban J connectivity index is 1.72. The lowest BCUT2D eigenvalue weighted by Crippen LogP contribution is -2.12. The number of furan rings is 1. The Morgan fingerprint density at radius 3 is 2.71 bits per heavy atom. The molecule has 1 N–H and O–H groups in total. The summed E-state index contributed by atoms with van der Waals surface area (Å²) < 4.78 is 14.2. The highest BCUT2D eigenvalue weighted by Gasteiger charge is 2.19. The fourth-order valence-corrected chi connectivity index (χ4v) is 3.57. The Morgan fingerprint density at radius 2 is 1.88 bits per heavy atom. The van der Waals surface area contributed by atoms with Gasteiger partial charge in [-0.05, 0) is 56.2 Å². The van der Waals surface area contributed by atoms with Gasteiger partial charge in [0.05, 0.1) is 11.7 Å². The number of aromatic nitrogens is 2. The summed E-state index contributed by atoms with van der Waals surface area (Å²) in [5.74, 6) is 0.0819. The van der Waals surface area contributed by atoms with Crippen LogP contribution in [0.25, 0.3) is 22.0 Å². The van der Waals surface area contributed by atoms with Crippen molar-refractivity contribution in [1.82, 2.24) is 8.75 Å². The lowest BCUT2D eigenvalue weighted by Gasteiger charge is -2.03. The Bertz CT molecular complexity index is 1090. The number of carbonyl (C=O) groups is 1. The zero-order chi connectivity index (χ0) is 16.8. The van der Waals surface area contributed by atoms with Crippen molar-refractivity contribution in [2.24, 2.45) is 0 Å². The van der Waals surface area contributed by atoms with E-state index in [2.05, 4.69) is 20.1 Å². The predicted octanol–water partition coefficient (Wildman–Crippen LogP) is 4.62. The first kappa shape index (κ1) is 14.8. The highest BCUT2D eigenvalue weighted by Crippen LogP contribution is 2.30. The van der Waals surface area contributed by atoms with Crippen molar-refractivity contribution in [3.05, 3.63) is 52.8 Å². The zero-order valence-electron chi connectivity index (χ0n) is 13.5. The average molecular weight is 337 g/mol. The number of fused-ring (bicyclic) bond motifs is 2. The fraction of sp³-hybridized carbons (Fsp3) is 0.167. The molecule has 4 aromatic rings. The maximum absolute atomic E-state index is 12.6. The molecule has 2 aromatic carbocycles. The minimum absolute atomic E-state index is 0.261. The topological polar surface area (TPSA) is 68.0 Å². The van der Waals surface area contributed by atoms with Crippen LogP contribution in [0, 0.1) is 20.8 Å². The molecule has 0 radical (unpaired) electrons. The Labute approximate surface area is 142 Å². The first-order valence-electron chi connectivity index (χ1n) is 7.57. The van der Waals surface area contributed by atoms with Crippen LogP contribution in [0.15, 0.2) is 34.7 Å². The van der Waals surface area contributed by atoms with Gasteiger partial charge < -0.3 is 9.73 Å². The van der Waals surface area contributed by atoms with Crippen LogP contribution in [0.1, 0.15) is 27.2 Å². The number of amides is 1. The van der Waals surface area contributed by atoms with Gasteiger partial charge in [0.15, 0.2) is 5.76 Å². The van der Waals surface area contributed by atoms with Crippen LogP contribution >= 0.6 is 11.7 Å². The number of nitrogens with one attached hydrogen (secondary N) is 1. The molecule has 0 saturated carbocycles. The molecule has 0 fully saturated rings. The van der Waals surface area contributed by atoms with E-state index in [4.69, 9.17) is 4.42 Å². The first-order chi connectivity index (χ1) is 11.5. The van der Waals surface area contributed by atoms with Gasteiger partial charge in [0.25, 0.3) is 5.91 Å². The summed E-state index contributed by atoms with van der Waals surface area (Å²) >= 11 is 1.15. The number of hydrogen-bond acceptors (Lipinski definition) is 5. The number of nitrogens with zero attached hydrogens (tertiary/aromatic N) is 2. The van der Waals surface area contributed by atoms with Crippen molar-refractivity contribution < 1.29 is 9.21 Å². The third-order valence-electron chi connectivity index (χ3n) is 4.09. The predicted molar refractivity (Wildman–Crippen MR) is 95.8 cm³/mol. The molecule has 2 heterocycles. The second-order valence-electron chi connectivity index (χ2n) is 5.93. The standard InChI is InChI=1S/C18H15N3O2S/c1-9-6-10(2)16-11(3)17(23-15(16)7-9)18(22)19-12-4-5-13-14(8-12)21-24-20-13/h4-8H,1-3H3,(H,19,22). The third-order valence-corrected chi connectivity index (χ3v) is 4.65. The SMILES string of the molecule is Cc1cc(C)c2c(C)c(C(=O)Nc3ccc4nsnc4c3)oc2c1. The van der Waals surface area contributed by atoms with Crippen molar-refractivity contribution >= 4 is 45.3 Å². The summed E-state index contributed by atoms with van der Waals surface area (Å²) in [6.07, 6.45) is 0. The van der Waals surface area contributed by atoms with E-state index < -0.39 is 0 Å². The van der Waals surface area contributed by atoms with Gasteiger partial charge in [-0.2, -0.15) is 8.75 Å². The molecule has 0 aliphatic carbocycles. The van der Waals surface area contributed by atoms with E-state index in [0.29, 0.717) is 11.4 Å². The van der Waals surface area contributed by atoms with E-state index in [1.807, 2.05) is 45.0 Å². The van der Waals surface area contributed by atoms with Crippen LogP contribution in [0.5, 0.6) is 0 Å². The summed E-state index contributed by atoms with van der Waals surface area (Å²) in [5.41, 5.74) is 6.09. The lowest BCUT2D eigenvalue weighted by molar-refractivity contribution is 0.0998. The third kappa shape index (κ3) is 2.35. The quantitative estimate of drug-likeness (QED) is 0.580. The fourth-order valence-electron chi connectivity index (χ4n) is 3.05. The highest BCUT2D eigenvalue weighted by molar-refractivity contribution is 7.00. The normalized spacial score (nSPS) is 11.3. The van der Waals surface area contributed by atoms with Crippen molar-refractivity contribution in [3.63, 3.8) is 0 Å². The minimum Gasteiger partial charge on any atom is -0.451 e. The van der Waals surface area contributed by atoms with Gasteiger partial charge in [-0.25, -0.2) is 0 Å². The smallest absolute Gasteiger partial charge is 0.291 e. The van der Waals surface area contributed by atoms with Crippen LogP contribution in [-0.2, 0) is 0 Å². The van der Waals surface area contributed by atoms with Crippen molar-refractivity contribution in [1.29, 1.82) is 0 Å². The highest BCUT2D eigenvalue weighted by atomic mass is 32.1. The monoisotopic (exact) mass is 337 g/mol. The minimum atomic E-state index is -0.261. The zero-order valence-corrected chi connectivity index (χ0v) is 14.3. The molecule has 4 rings (SSSR count). The van der Waals surface area contributed by atoms with E-state index in [9.17, 15) is 4.79 Å². The van der Waals surface area contributed by atoms with Gasteiger partial charge in [-0.1, -0.05) is 6.07 Å². The van der Waals surface area contributed by atoms with Crippen molar-refractivity contribution in [2.75, 3.05) is 5.32 Å². The molecule has 2 aromatic heterocycles. The second-order valence-corrected chi connectivity index (χ2v) is 6.46. The Hall–Kier alpha value is -2.73. The molecular formula is C18H15N3O2S. The van der Waals surface area contributed by atoms with E-state index >= 15 is 0 Å². The molecular weight excluding hydrogens is 322 g/mol. The van der Waals surface area contributed by atoms with Crippen LogP contribution in [0.4, 0.5) is 5.69 Å². The summed E-state index contributed by atoms with van der Waals surface area (Å²) in [4.78, 5) is 12.6. The van der Waals surface area contributed by atoms with Crippen LogP contribution in [0.2, 0.25) is 0 Å². The average Bonchev–Trinajstić information content (AvgIpc) is 3.11. The number of aryl methyl sites for hydroxylation is 3. The van der Waals surface area contributed by atoms with Gasteiger partial charge in [0.1, 0.15) is 16.6 Å². The molecule has 120 valence electrons. The van der Waals surface area contributed by atoms with Crippen LogP contribution in [-0.4, -0.2) is 14.7 Å². The van der Waals surface area contributed by atoms with Gasteiger partial charge in [-0.15, -0.1) is 0 Å². The van der Waals surface area contributed by atoms with Gasteiger partial charge in [-0.3, -0.25) is 4.79 Å². The maximum Gasteiger partial charge on any atom is 0.291 e. The van der Waals surface area contributed by atoms with Crippen LogP contribution < -0.4 is 5.32 Å². The summed E-state index contributed by atoms with van der Waals surface area (Å²) in [6, 6.07) is 9.52. The number of hydrogen-bond donors (Lipinski definition) is 1. The van der Waals surface area contributed by atoms with Crippen molar-refractivity contribution in [2.45, 2.75) is 20.8 Å². The molecule has 0 atom stereocenters. The van der Waals surface area contributed by atoms with E-state index in [0.717, 1.165) is 50.4 Å². The molecule has 0 spiro atoms. The summed E-state index contributed by atoms with van der Waals surface area (Å²) in [6.45, 7) is 5.96. The second kappa shape index (κ2) is 5.42. The molecule has 5 nitrogen and oxygen atoms in total. The number of anilines is 1. The molecule has 6 heteroatoms. The van der Waals surface area contributed by atoms with Gasteiger partial charge >= 0.3 is 0 Å².